The van der Waals surface area contributed by atoms with Crippen molar-refractivity contribution in [2.75, 3.05) is 45.7 Å². The van der Waals surface area contributed by atoms with Gasteiger partial charge in [-0.25, -0.2) is 8.42 Å². The van der Waals surface area contributed by atoms with Crippen molar-refractivity contribution in [1.82, 2.24) is 9.62 Å². The Morgan fingerprint density at radius 2 is 1.96 bits per heavy atom. The van der Waals surface area contributed by atoms with Crippen LogP contribution in [-0.4, -0.2) is 70.1 Å². The third kappa shape index (κ3) is 6.08. The molecule has 26 heavy (non-hydrogen) atoms. The summed E-state index contributed by atoms with van der Waals surface area (Å²) in [6.07, 6.45) is 0.0584. The number of carbonyl (C=O) groups is 2. The number of benzene rings is 1. The Labute approximate surface area is 153 Å². The molecule has 1 amide bonds. The molecule has 0 unspecified atom stereocenters. The minimum Gasteiger partial charge on any atom is -0.497 e. The molecule has 0 saturated carbocycles. The van der Waals surface area contributed by atoms with E-state index in [1.807, 2.05) is 0 Å². The first-order chi connectivity index (χ1) is 12.4. The number of nitrogens with zero attached hydrogens (tertiary/aromatic N) is 1. The summed E-state index contributed by atoms with van der Waals surface area (Å²) in [7, 11) is -1.89. The average Bonchev–Trinajstić information content (AvgIpc) is 2.66. The molecule has 144 valence electrons. The molecule has 0 radical (unpaired) electrons. The summed E-state index contributed by atoms with van der Waals surface area (Å²) in [4.78, 5) is 24.0. The molecule has 1 aromatic carbocycles. The van der Waals surface area contributed by atoms with Gasteiger partial charge in [0.25, 0.3) is 0 Å². The van der Waals surface area contributed by atoms with Gasteiger partial charge in [0, 0.05) is 38.0 Å². The van der Waals surface area contributed by atoms with Gasteiger partial charge in [-0.2, -0.15) is 4.31 Å². The van der Waals surface area contributed by atoms with Crippen LogP contribution in [0.15, 0.2) is 24.3 Å². The van der Waals surface area contributed by atoms with Crippen molar-refractivity contribution in [3.8, 4) is 5.75 Å². The number of nitrogens with one attached hydrogen (secondary N) is 1. The van der Waals surface area contributed by atoms with E-state index in [4.69, 9.17) is 9.47 Å². The Balaban J connectivity index is 1.72. The van der Waals surface area contributed by atoms with Crippen LogP contribution >= 0.6 is 0 Å². The molecule has 0 bridgehead atoms. The lowest BCUT2D eigenvalue weighted by molar-refractivity contribution is -0.120. The van der Waals surface area contributed by atoms with Crippen LogP contribution in [0.25, 0.3) is 0 Å². The molecule has 0 spiro atoms. The molecule has 9 heteroatoms. The summed E-state index contributed by atoms with van der Waals surface area (Å²) >= 11 is 0. The molecule has 0 aliphatic carbocycles. The summed E-state index contributed by atoms with van der Waals surface area (Å²) < 4.78 is 35.8. The van der Waals surface area contributed by atoms with Crippen LogP contribution in [-0.2, 0) is 19.6 Å². The summed E-state index contributed by atoms with van der Waals surface area (Å²) in [6, 6.07) is 6.73. The van der Waals surface area contributed by atoms with Gasteiger partial charge in [-0.1, -0.05) is 12.1 Å². The molecule has 1 heterocycles. The maximum Gasteiger partial charge on any atom is 0.220 e. The minimum atomic E-state index is -3.40. The maximum absolute atomic E-state index is 12.1. The Bertz CT molecular complexity index is 729. The monoisotopic (exact) mass is 384 g/mol. The van der Waals surface area contributed by atoms with Gasteiger partial charge < -0.3 is 14.8 Å². The number of ketones is 1. The zero-order chi connectivity index (χ0) is 19.0. The molecular weight excluding hydrogens is 360 g/mol. The van der Waals surface area contributed by atoms with E-state index in [-0.39, 0.29) is 36.8 Å². The van der Waals surface area contributed by atoms with Crippen LogP contribution < -0.4 is 10.1 Å². The van der Waals surface area contributed by atoms with Crippen molar-refractivity contribution >= 4 is 21.7 Å². The van der Waals surface area contributed by atoms with Crippen molar-refractivity contribution in [3.63, 3.8) is 0 Å². The molecular formula is C17H24N2O6S. The molecule has 1 saturated heterocycles. The zero-order valence-corrected chi connectivity index (χ0v) is 15.6. The molecule has 0 atom stereocenters. The average molecular weight is 384 g/mol. The second-order valence-corrected chi connectivity index (χ2v) is 7.92. The van der Waals surface area contributed by atoms with E-state index in [0.29, 0.717) is 37.6 Å². The van der Waals surface area contributed by atoms with Crippen molar-refractivity contribution in [2.45, 2.75) is 12.8 Å². The SMILES string of the molecule is COc1cccc(C(=O)CCC(=O)NCCS(=O)(=O)N2CCOCC2)c1. The summed E-state index contributed by atoms with van der Waals surface area (Å²) in [5.41, 5.74) is 0.479. The lowest BCUT2D eigenvalue weighted by Crippen LogP contribution is -2.43. The van der Waals surface area contributed by atoms with Gasteiger partial charge in [0.1, 0.15) is 5.75 Å². The fraction of sp³-hybridized carbons (Fsp3) is 0.529. The first-order valence-corrected chi connectivity index (χ1v) is 10.0. The number of rotatable bonds is 9. The van der Waals surface area contributed by atoms with Gasteiger partial charge in [-0.05, 0) is 12.1 Å². The number of ether oxygens (including phenoxy) is 2. The highest BCUT2D eigenvalue weighted by molar-refractivity contribution is 7.89. The highest BCUT2D eigenvalue weighted by Gasteiger charge is 2.24. The van der Waals surface area contributed by atoms with Crippen molar-refractivity contribution in [2.24, 2.45) is 0 Å². The standard InChI is InChI=1S/C17H24N2O6S/c1-24-15-4-2-3-14(13-15)16(20)5-6-17(21)18-7-12-26(22,23)19-8-10-25-11-9-19/h2-4,13H,5-12H2,1H3,(H,18,21). The second-order valence-electron chi connectivity index (χ2n) is 5.83. The molecule has 1 aromatic rings. The van der Waals surface area contributed by atoms with E-state index in [1.165, 1.54) is 11.4 Å². The van der Waals surface area contributed by atoms with Gasteiger partial charge >= 0.3 is 0 Å². The predicted octanol–water partition coefficient (Wildman–Crippen LogP) is 0.436. The summed E-state index contributed by atoms with van der Waals surface area (Å²) in [6.45, 7) is 1.47. The highest BCUT2D eigenvalue weighted by atomic mass is 32.2. The van der Waals surface area contributed by atoms with Gasteiger partial charge in [0.15, 0.2) is 5.78 Å². The van der Waals surface area contributed by atoms with Gasteiger partial charge in [0.2, 0.25) is 15.9 Å². The largest absolute Gasteiger partial charge is 0.497 e. The third-order valence-electron chi connectivity index (χ3n) is 4.02. The lowest BCUT2D eigenvalue weighted by Gasteiger charge is -2.26. The molecule has 1 aliphatic rings. The Hall–Kier alpha value is -1.97. The molecule has 1 fully saturated rings. The van der Waals surface area contributed by atoms with E-state index in [1.54, 1.807) is 24.3 Å². The summed E-state index contributed by atoms with van der Waals surface area (Å²) in [5.74, 6) is -0.102. The van der Waals surface area contributed by atoms with E-state index >= 15 is 0 Å². The summed E-state index contributed by atoms with van der Waals surface area (Å²) in [5, 5.41) is 2.55. The van der Waals surface area contributed by atoms with Crippen LogP contribution in [0.5, 0.6) is 5.75 Å². The number of methoxy groups -OCH3 is 1. The minimum absolute atomic E-state index is 0.00758. The zero-order valence-electron chi connectivity index (χ0n) is 14.8. The van der Waals surface area contributed by atoms with E-state index in [2.05, 4.69) is 5.32 Å². The molecule has 2 rings (SSSR count). The first-order valence-electron chi connectivity index (χ1n) is 8.42. The van der Waals surface area contributed by atoms with Gasteiger partial charge in [-0.15, -0.1) is 0 Å². The van der Waals surface area contributed by atoms with E-state index < -0.39 is 10.0 Å². The Morgan fingerprint density at radius 1 is 1.23 bits per heavy atom. The highest BCUT2D eigenvalue weighted by Crippen LogP contribution is 2.14. The normalized spacial score (nSPS) is 15.4. The Kier molecular flexibility index (Phi) is 7.55. The molecule has 8 nitrogen and oxygen atoms in total. The fourth-order valence-corrected chi connectivity index (χ4v) is 3.85. The van der Waals surface area contributed by atoms with Crippen molar-refractivity contribution in [1.29, 1.82) is 0 Å². The number of amides is 1. The number of hydrogen-bond acceptors (Lipinski definition) is 6. The van der Waals surface area contributed by atoms with Gasteiger partial charge in [0.05, 0.1) is 26.1 Å². The lowest BCUT2D eigenvalue weighted by atomic mass is 10.1. The first kappa shape index (κ1) is 20.3. The number of Topliss-reactive ketones (excluding diaryl/α,β-unsaturated/α-hetero) is 1. The quantitative estimate of drug-likeness (QED) is 0.620. The van der Waals surface area contributed by atoms with Crippen LogP contribution in [0.3, 0.4) is 0 Å². The number of hydrogen-bond donors (Lipinski definition) is 1. The number of morpholine rings is 1. The number of carbonyl (C=O) groups excluding carboxylic acids is 2. The van der Waals surface area contributed by atoms with Crippen LogP contribution in [0, 0.1) is 0 Å². The number of sulfonamides is 1. The third-order valence-corrected chi connectivity index (χ3v) is 5.89. The van der Waals surface area contributed by atoms with Gasteiger partial charge in [-0.3, -0.25) is 9.59 Å². The van der Waals surface area contributed by atoms with Crippen LogP contribution in [0.1, 0.15) is 23.2 Å². The Morgan fingerprint density at radius 3 is 2.65 bits per heavy atom. The van der Waals surface area contributed by atoms with E-state index in [9.17, 15) is 18.0 Å². The van der Waals surface area contributed by atoms with E-state index in [0.717, 1.165) is 0 Å². The van der Waals surface area contributed by atoms with Crippen molar-refractivity contribution in [3.05, 3.63) is 29.8 Å². The fourth-order valence-electron chi connectivity index (χ4n) is 2.53. The second kappa shape index (κ2) is 9.65. The molecule has 1 N–H and O–H groups in total. The maximum atomic E-state index is 12.1. The van der Waals surface area contributed by atoms with Crippen LogP contribution in [0.4, 0.5) is 0 Å². The van der Waals surface area contributed by atoms with Crippen LogP contribution in [0.2, 0.25) is 0 Å². The predicted molar refractivity (Wildman–Crippen MR) is 95.7 cm³/mol. The van der Waals surface area contributed by atoms with Crippen molar-refractivity contribution < 1.29 is 27.5 Å². The topological polar surface area (TPSA) is 102 Å². The smallest absolute Gasteiger partial charge is 0.220 e. The molecule has 0 aromatic heterocycles. The molecule has 1 aliphatic heterocycles.